The molecule has 2 aromatic rings. The number of nitrogens with zero attached hydrogens (tertiary/aromatic N) is 1. The lowest BCUT2D eigenvalue weighted by atomic mass is 9.91. The van der Waals surface area contributed by atoms with Gasteiger partial charge in [-0.1, -0.05) is 55.8 Å². The Balaban J connectivity index is 2.15. The van der Waals surface area contributed by atoms with Crippen LogP contribution in [0.15, 0.2) is 42.5 Å². The molecule has 0 saturated carbocycles. The van der Waals surface area contributed by atoms with Crippen molar-refractivity contribution in [2.24, 2.45) is 0 Å². The second kappa shape index (κ2) is 8.43. The van der Waals surface area contributed by atoms with E-state index in [9.17, 15) is 9.70 Å². The topological polar surface area (TPSA) is 74.1 Å². The predicted molar refractivity (Wildman–Crippen MR) is 90.0 cm³/mol. The molecule has 134 valence electrons. The minimum Gasteiger partial charge on any atom is -0.362 e. The van der Waals surface area contributed by atoms with Gasteiger partial charge in [0.2, 0.25) is 0 Å². The maximum Gasteiger partial charge on any atom is 0.522 e. The summed E-state index contributed by atoms with van der Waals surface area (Å²) in [6.45, 7) is 3.67. The van der Waals surface area contributed by atoms with Gasteiger partial charge in [0.25, 0.3) is 0 Å². The third-order valence-electron chi connectivity index (χ3n) is 3.97. The van der Waals surface area contributed by atoms with E-state index >= 15 is 0 Å². The van der Waals surface area contributed by atoms with Gasteiger partial charge >= 0.3 is 11.1 Å². The number of benzene rings is 2. The smallest absolute Gasteiger partial charge is 0.362 e. The second-order valence-corrected chi connectivity index (χ2v) is 5.62. The maximum atomic E-state index is 12.5. The fraction of sp³-hybridized carbons (Fsp3) is 0.389. The molecule has 25 heavy (non-hydrogen) atoms. The van der Waals surface area contributed by atoms with Crippen LogP contribution in [0, 0.1) is 4.91 Å². The number of hydrogen-bond donors (Lipinski definition) is 0. The highest BCUT2D eigenvalue weighted by molar-refractivity contribution is 5.92. The Morgan fingerprint density at radius 3 is 2.60 bits per heavy atom. The highest BCUT2D eigenvalue weighted by Gasteiger charge is 2.41. The monoisotopic (exact) mass is 348 g/mol. The lowest BCUT2D eigenvalue weighted by Crippen LogP contribution is -2.37. The van der Waals surface area contributed by atoms with E-state index in [0.29, 0.717) is 12.0 Å². The van der Waals surface area contributed by atoms with E-state index in [1.165, 1.54) is 7.11 Å². The van der Waals surface area contributed by atoms with Crippen LogP contribution in [0.3, 0.4) is 0 Å². The molecule has 0 radical (unpaired) electrons. The van der Waals surface area contributed by atoms with Gasteiger partial charge in [-0.3, -0.25) is 0 Å². The number of unbranched alkanes of at least 4 members (excludes halogenated alkanes) is 1. The summed E-state index contributed by atoms with van der Waals surface area (Å²) in [7, 11) is 1.38. The molecule has 0 fully saturated rings. The van der Waals surface area contributed by atoms with Crippen molar-refractivity contribution >= 4 is 16.7 Å². The Morgan fingerprint density at radius 1 is 1.16 bits per heavy atom. The molecule has 0 saturated heterocycles. The number of carbonyl (C=O) groups is 1. The summed E-state index contributed by atoms with van der Waals surface area (Å²) in [5.41, 5.74) is -0.850. The molecule has 0 amide bonds. The zero-order valence-corrected chi connectivity index (χ0v) is 14.6. The van der Waals surface area contributed by atoms with Crippen molar-refractivity contribution in [1.82, 2.24) is 0 Å². The van der Waals surface area contributed by atoms with E-state index in [2.05, 4.69) is 9.88 Å². The summed E-state index contributed by atoms with van der Waals surface area (Å²) >= 11 is 0. The zero-order valence-electron chi connectivity index (χ0n) is 14.6. The van der Waals surface area contributed by atoms with Gasteiger partial charge in [0, 0.05) is 12.7 Å². The van der Waals surface area contributed by atoms with Gasteiger partial charge in [0.05, 0.1) is 4.99 Å². The summed E-state index contributed by atoms with van der Waals surface area (Å²) in [6, 6.07) is 13.1. The standard InChI is InChI=1S/C18H22NO6/c1-4-5-13-23-19(21)25-24-17(20)18(2,22-3)16-12-8-10-14-9-6-7-11-15(14)16/h6-12H,4-5,13H2,1-3H3/q+1. The van der Waals surface area contributed by atoms with Gasteiger partial charge in [0.1, 0.15) is 4.91 Å². The normalized spacial score (nSPS) is 13.1. The quantitative estimate of drug-likeness (QED) is 0.392. The second-order valence-electron chi connectivity index (χ2n) is 5.62. The lowest BCUT2D eigenvalue weighted by Gasteiger charge is -2.25. The van der Waals surface area contributed by atoms with Crippen molar-refractivity contribution in [3.63, 3.8) is 0 Å². The molecular formula is C18H22NO6+. The first-order valence-corrected chi connectivity index (χ1v) is 8.05. The summed E-state index contributed by atoms with van der Waals surface area (Å²) < 4.78 is 5.41. The Kier molecular flexibility index (Phi) is 6.30. The number of ether oxygens (including phenoxy) is 1. The molecular weight excluding hydrogens is 326 g/mol. The third-order valence-corrected chi connectivity index (χ3v) is 3.97. The maximum absolute atomic E-state index is 12.5. The number of carbonyl (C=O) groups excluding carboxylic acids is 1. The van der Waals surface area contributed by atoms with E-state index in [4.69, 9.17) is 9.57 Å². The van der Waals surface area contributed by atoms with Gasteiger partial charge in [0.15, 0.2) is 12.2 Å². The highest BCUT2D eigenvalue weighted by atomic mass is 17.4. The number of rotatable bonds is 9. The Bertz CT molecular complexity index is 742. The van der Waals surface area contributed by atoms with E-state index in [0.717, 1.165) is 17.2 Å². The van der Waals surface area contributed by atoms with Gasteiger partial charge in [-0.05, 0) is 24.1 Å². The molecule has 2 aromatic carbocycles. The summed E-state index contributed by atoms with van der Waals surface area (Å²) in [5, 5.41) is 1.56. The largest absolute Gasteiger partial charge is 0.522 e. The minimum absolute atomic E-state index is 0.169. The summed E-state index contributed by atoms with van der Waals surface area (Å²) in [5.74, 6) is -0.869. The van der Waals surface area contributed by atoms with Crippen LogP contribution in [0.1, 0.15) is 32.3 Å². The average Bonchev–Trinajstić information content (AvgIpc) is 2.65. The van der Waals surface area contributed by atoms with Gasteiger partial charge in [-0.15, -0.1) is 0 Å². The van der Waals surface area contributed by atoms with Crippen molar-refractivity contribution in [3.05, 3.63) is 52.9 Å². The summed E-state index contributed by atoms with van der Waals surface area (Å²) in [4.78, 5) is 37.5. The Morgan fingerprint density at radius 2 is 1.88 bits per heavy atom. The summed E-state index contributed by atoms with van der Waals surface area (Å²) in [6.07, 6.45) is 1.54. The predicted octanol–water partition coefficient (Wildman–Crippen LogP) is 3.60. The Hall–Kier alpha value is -2.67. The van der Waals surface area contributed by atoms with Crippen LogP contribution < -0.4 is 0 Å². The lowest BCUT2D eigenvalue weighted by molar-refractivity contribution is -1.03. The fourth-order valence-corrected chi connectivity index (χ4v) is 2.39. The SMILES string of the molecule is CCCCO[N+](=O)OOC(=O)C(C)(OC)c1cccc2ccccc12. The average molecular weight is 348 g/mol. The molecule has 7 heteroatoms. The molecule has 0 heterocycles. The van der Waals surface area contributed by atoms with E-state index in [1.807, 2.05) is 43.3 Å². The van der Waals surface area contributed by atoms with Gasteiger partial charge < -0.3 is 4.74 Å². The molecule has 0 aliphatic carbocycles. The van der Waals surface area contributed by atoms with Crippen LogP contribution in [0.25, 0.3) is 10.8 Å². The van der Waals surface area contributed by atoms with Crippen LogP contribution in [0.5, 0.6) is 0 Å². The van der Waals surface area contributed by atoms with Crippen molar-refractivity contribution in [3.8, 4) is 0 Å². The third kappa shape index (κ3) is 4.24. The van der Waals surface area contributed by atoms with Crippen molar-refractivity contribution in [2.75, 3.05) is 13.7 Å². The van der Waals surface area contributed by atoms with E-state index < -0.39 is 11.6 Å². The molecule has 1 unspecified atom stereocenters. The van der Waals surface area contributed by atoms with Crippen LogP contribution in [0.2, 0.25) is 0 Å². The zero-order chi connectivity index (χ0) is 18.3. The molecule has 0 aliphatic heterocycles. The van der Waals surface area contributed by atoms with Crippen LogP contribution in [-0.4, -0.2) is 24.8 Å². The number of methoxy groups -OCH3 is 1. The molecule has 1 atom stereocenters. The molecule has 0 spiro atoms. The van der Waals surface area contributed by atoms with Gasteiger partial charge in [-0.2, -0.15) is 9.73 Å². The highest BCUT2D eigenvalue weighted by Crippen LogP contribution is 2.32. The van der Waals surface area contributed by atoms with Crippen molar-refractivity contribution in [2.45, 2.75) is 32.3 Å². The fourth-order valence-electron chi connectivity index (χ4n) is 2.39. The number of hydrogen-bond acceptors (Lipinski definition) is 6. The van der Waals surface area contributed by atoms with Crippen LogP contribution >= 0.6 is 0 Å². The molecule has 7 nitrogen and oxygen atoms in total. The van der Waals surface area contributed by atoms with Crippen LogP contribution in [0.4, 0.5) is 0 Å². The van der Waals surface area contributed by atoms with Crippen molar-refractivity contribution in [1.29, 1.82) is 0 Å². The first-order valence-electron chi connectivity index (χ1n) is 8.05. The van der Waals surface area contributed by atoms with Crippen molar-refractivity contribution < 1.29 is 29.3 Å². The first kappa shape index (κ1) is 18.7. The van der Waals surface area contributed by atoms with Gasteiger partial charge in [-0.25, -0.2) is 4.79 Å². The van der Waals surface area contributed by atoms with E-state index in [-0.39, 0.29) is 11.7 Å². The number of fused-ring (bicyclic) bond motifs is 1. The first-order chi connectivity index (χ1) is 12.0. The molecule has 2 rings (SSSR count). The molecule has 0 bridgehead atoms. The van der Waals surface area contributed by atoms with Crippen LogP contribution in [-0.2, 0) is 29.8 Å². The molecule has 0 aliphatic rings. The van der Waals surface area contributed by atoms with E-state index in [1.54, 1.807) is 13.0 Å². The Labute approximate surface area is 145 Å². The molecule has 0 aromatic heterocycles. The minimum atomic E-state index is -1.45. The molecule has 0 N–H and O–H groups in total.